The van der Waals surface area contributed by atoms with Crippen molar-refractivity contribution >= 4 is 0 Å². The molecule has 0 radical (unpaired) electrons. The Labute approximate surface area is 110 Å². The lowest BCUT2D eigenvalue weighted by Crippen LogP contribution is -2.40. The van der Waals surface area contributed by atoms with Gasteiger partial charge in [0.05, 0.1) is 0 Å². The SMILES string of the molecule is Cc1ccc(-n2ccn(CC3CC3)c(=O)c2=O)cc1. The van der Waals surface area contributed by atoms with Gasteiger partial charge in [-0.3, -0.25) is 14.2 Å². The van der Waals surface area contributed by atoms with Gasteiger partial charge in [0, 0.05) is 24.6 Å². The first-order valence-corrected chi connectivity index (χ1v) is 6.54. The van der Waals surface area contributed by atoms with Crippen molar-refractivity contribution in [2.24, 2.45) is 5.92 Å². The second-order valence-electron chi connectivity index (χ2n) is 5.21. The minimum Gasteiger partial charge on any atom is -0.309 e. The Bertz CT molecular complexity index is 706. The van der Waals surface area contributed by atoms with Gasteiger partial charge in [-0.25, -0.2) is 0 Å². The second kappa shape index (κ2) is 4.53. The van der Waals surface area contributed by atoms with Gasteiger partial charge in [0.15, 0.2) is 0 Å². The van der Waals surface area contributed by atoms with Gasteiger partial charge in [-0.05, 0) is 37.8 Å². The summed E-state index contributed by atoms with van der Waals surface area (Å²) in [5.41, 5.74) is 0.937. The highest BCUT2D eigenvalue weighted by atomic mass is 16.2. The van der Waals surface area contributed by atoms with Crippen LogP contribution < -0.4 is 11.1 Å². The summed E-state index contributed by atoms with van der Waals surface area (Å²) < 4.78 is 2.94. The summed E-state index contributed by atoms with van der Waals surface area (Å²) in [6, 6.07) is 7.55. The second-order valence-corrected chi connectivity index (χ2v) is 5.21. The summed E-state index contributed by atoms with van der Waals surface area (Å²) >= 11 is 0. The van der Waals surface area contributed by atoms with Gasteiger partial charge in [0.1, 0.15) is 0 Å². The molecule has 0 unspecified atom stereocenters. The third-order valence-electron chi connectivity index (χ3n) is 3.52. The van der Waals surface area contributed by atoms with Crippen molar-refractivity contribution < 1.29 is 0 Å². The largest absolute Gasteiger partial charge is 0.320 e. The van der Waals surface area contributed by atoms with Crippen LogP contribution in [0, 0.1) is 12.8 Å². The molecule has 4 heteroatoms. The number of aromatic nitrogens is 2. The molecule has 0 atom stereocenters. The van der Waals surface area contributed by atoms with Crippen LogP contribution in [0.2, 0.25) is 0 Å². The molecule has 1 fully saturated rings. The third-order valence-corrected chi connectivity index (χ3v) is 3.52. The van der Waals surface area contributed by atoms with Gasteiger partial charge < -0.3 is 4.57 Å². The van der Waals surface area contributed by atoms with Crippen molar-refractivity contribution in [3.05, 3.63) is 62.9 Å². The maximum absolute atomic E-state index is 12.1. The van der Waals surface area contributed by atoms with E-state index in [1.165, 1.54) is 9.13 Å². The van der Waals surface area contributed by atoms with Crippen LogP contribution >= 0.6 is 0 Å². The van der Waals surface area contributed by atoms with Crippen molar-refractivity contribution in [1.29, 1.82) is 0 Å². The standard InChI is InChI=1S/C15H16N2O2/c1-11-2-6-13(7-3-11)17-9-8-16(10-12-4-5-12)14(18)15(17)19/h2-3,6-9,12H,4-5,10H2,1H3. The molecule has 3 rings (SSSR count). The molecule has 0 N–H and O–H groups in total. The summed E-state index contributed by atoms with van der Waals surface area (Å²) in [6.45, 7) is 2.66. The maximum atomic E-state index is 12.1. The van der Waals surface area contributed by atoms with E-state index in [-0.39, 0.29) is 0 Å². The highest BCUT2D eigenvalue weighted by molar-refractivity contribution is 5.34. The van der Waals surface area contributed by atoms with E-state index < -0.39 is 11.1 Å². The average molecular weight is 256 g/mol. The van der Waals surface area contributed by atoms with E-state index in [0.29, 0.717) is 12.5 Å². The first kappa shape index (κ1) is 12.0. The smallest absolute Gasteiger partial charge is 0.309 e. The van der Waals surface area contributed by atoms with E-state index in [2.05, 4.69) is 0 Å². The average Bonchev–Trinajstić information content (AvgIpc) is 3.21. The zero-order valence-electron chi connectivity index (χ0n) is 10.9. The Kier molecular flexibility index (Phi) is 2.85. The van der Waals surface area contributed by atoms with Crippen molar-refractivity contribution in [3.63, 3.8) is 0 Å². The molecule has 0 saturated heterocycles. The van der Waals surface area contributed by atoms with E-state index in [1.54, 1.807) is 12.4 Å². The molecule has 0 bridgehead atoms. The zero-order valence-corrected chi connectivity index (χ0v) is 10.9. The first-order valence-electron chi connectivity index (χ1n) is 6.54. The van der Waals surface area contributed by atoms with E-state index in [9.17, 15) is 9.59 Å². The molecule has 19 heavy (non-hydrogen) atoms. The van der Waals surface area contributed by atoms with Crippen LogP contribution in [0.4, 0.5) is 0 Å². The van der Waals surface area contributed by atoms with Crippen LogP contribution in [0.3, 0.4) is 0 Å². The predicted molar refractivity (Wildman–Crippen MR) is 73.8 cm³/mol. The van der Waals surface area contributed by atoms with Crippen LogP contribution in [0.1, 0.15) is 18.4 Å². The normalized spacial score (nSPS) is 14.6. The minimum absolute atomic E-state index is 0.435. The molecule has 1 saturated carbocycles. The zero-order chi connectivity index (χ0) is 13.4. The van der Waals surface area contributed by atoms with Crippen LogP contribution in [-0.4, -0.2) is 9.13 Å². The highest BCUT2D eigenvalue weighted by Gasteiger charge is 2.22. The number of rotatable bonds is 3. The Balaban J connectivity index is 2.03. The molecule has 1 aliphatic carbocycles. The molecule has 1 aromatic heterocycles. The van der Waals surface area contributed by atoms with E-state index in [0.717, 1.165) is 24.1 Å². The van der Waals surface area contributed by atoms with Crippen LogP contribution in [0.25, 0.3) is 5.69 Å². The summed E-state index contributed by atoms with van der Waals surface area (Å²) in [5, 5.41) is 0. The van der Waals surface area contributed by atoms with Crippen molar-refractivity contribution in [3.8, 4) is 5.69 Å². The lowest BCUT2D eigenvalue weighted by molar-refractivity contribution is 0.592. The molecule has 4 nitrogen and oxygen atoms in total. The minimum atomic E-state index is -0.480. The lowest BCUT2D eigenvalue weighted by Gasteiger charge is -2.08. The summed E-state index contributed by atoms with van der Waals surface area (Å²) in [7, 11) is 0. The molecule has 1 aromatic carbocycles. The Morgan fingerprint density at radius 3 is 2.37 bits per heavy atom. The van der Waals surface area contributed by atoms with Crippen LogP contribution in [0.5, 0.6) is 0 Å². The monoisotopic (exact) mass is 256 g/mol. The van der Waals surface area contributed by atoms with Gasteiger partial charge in [0.25, 0.3) is 0 Å². The topological polar surface area (TPSA) is 44.0 Å². The molecule has 0 aliphatic heterocycles. The molecule has 1 heterocycles. The highest BCUT2D eigenvalue weighted by Crippen LogP contribution is 2.29. The fourth-order valence-electron chi connectivity index (χ4n) is 2.14. The molecule has 98 valence electrons. The summed E-state index contributed by atoms with van der Waals surface area (Å²) in [4.78, 5) is 24.1. The number of nitrogens with zero attached hydrogens (tertiary/aromatic N) is 2. The number of hydrogen-bond donors (Lipinski definition) is 0. The maximum Gasteiger partial charge on any atom is 0.320 e. The Morgan fingerprint density at radius 1 is 1.05 bits per heavy atom. The van der Waals surface area contributed by atoms with E-state index >= 15 is 0 Å². The fraction of sp³-hybridized carbons (Fsp3) is 0.333. The molecule has 1 aliphatic rings. The van der Waals surface area contributed by atoms with Crippen LogP contribution in [0.15, 0.2) is 46.2 Å². The van der Waals surface area contributed by atoms with Crippen molar-refractivity contribution in [2.45, 2.75) is 26.3 Å². The lowest BCUT2D eigenvalue weighted by atomic mass is 10.2. The van der Waals surface area contributed by atoms with E-state index in [4.69, 9.17) is 0 Å². The van der Waals surface area contributed by atoms with Crippen molar-refractivity contribution in [1.82, 2.24) is 9.13 Å². The van der Waals surface area contributed by atoms with Gasteiger partial charge in [0.2, 0.25) is 0 Å². The van der Waals surface area contributed by atoms with Crippen molar-refractivity contribution in [2.75, 3.05) is 0 Å². The molecule has 2 aromatic rings. The molecule has 0 amide bonds. The van der Waals surface area contributed by atoms with Crippen LogP contribution in [-0.2, 0) is 6.54 Å². The molecular weight excluding hydrogens is 240 g/mol. The van der Waals surface area contributed by atoms with Gasteiger partial charge >= 0.3 is 11.1 Å². The van der Waals surface area contributed by atoms with E-state index in [1.807, 2.05) is 31.2 Å². The quantitative estimate of drug-likeness (QED) is 0.785. The van der Waals surface area contributed by atoms with Gasteiger partial charge in [-0.1, -0.05) is 17.7 Å². The number of benzene rings is 1. The third kappa shape index (κ3) is 2.38. The number of hydrogen-bond acceptors (Lipinski definition) is 2. The summed E-state index contributed by atoms with van der Waals surface area (Å²) in [5.74, 6) is 0.576. The molecular formula is C15H16N2O2. The Hall–Kier alpha value is -2.10. The van der Waals surface area contributed by atoms with Gasteiger partial charge in [-0.15, -0.1) is 0 Å². The Morgan fingerprint density at radius 2 is 1.74 bits per heavy atom. The number of aryl methyl sites for hydroxylation is 1. The van der Waals surface area contributed by atoms with Gasteiger partial charge in [-0.2, -0.15) is 0 Å². The predicted octanol–water partition coefficient (Wildman–Crippen LogP) is 1.72. The summed E-state index contributed by atoms with van der Waals surface area (Å²) in [6.07, 6.45) is 5.71. The molecule has 0 spiro atoms. The first-order chi connectivity index (χ1) is 9.15. The fourth-order valence-corrected chi connectivity index (χ4v) is 2.14.